The van der Waals surface area contributed by atoms with Crippen molar-refractivity contribution in [2.45, 2.75) is 72.8 Å². The molecule has 2 amide bonds. The van der Waals surface area contributed by atoms with E-state index in [-0.39, 0.29) is 24.2 Å². The maximum absolute atomic E-state index is 13.7. The van der Waals surface area contributed by atoms with Gasteiger partial charge in [0.2, 0.25) is 5.91 Å². The highest BCUT2D eigenvalue weighted by Crippen LogP contribution is 2.36. The van der Waals surface area contributed by atoms with E-state index in [1.165, 1.54) is 6.92 Å². The first kappa shape index (κ1) is 28.2. The van der Waals surface area contributed by atoms with E-state index in [4.69, 9.17) is 10.5 Å². The van der Waals surface area contributed by atoms with E-state index >= 15 is 0 Å². The number of benzene rings is 2. The van der Waals surface area contributed by atoms with Gasteiger partial charge < -0.3 is 20.7 Å². The summed E-state index contributed by atoms with van der Waals surface area (Å²) < 4.78 is 5.37. The lowest BCUT2D eigenvalue weighted by atomic mass is 9.90. The normalized spacial score (nSPS) is 14.5. The van der Waals surface area contributed by atoms with Crippen LogP contribution in [0, 0.1) is 20.8 Å². The largest absolute Gasteiger partial charge is 0.426 e. The predicted molar refractivity (Wildman–Crippen MR) is 141 cm³/mol. The molecule has 35 heavy (non-hydrogen) atoms. The van der Waals surface area contributed by atoms with Crippen LogP contribution in [-0.2, 0) is 20.8 Å². The molecule has 1 aliphatic rings. The molecule has 2 aromatic carbocycles. The number of carbonyl (C=O) groups is 3. The van der Waals surface area contributed by atoms with E-state index in [1.54, 1.807) is 17.0 Å². The number of fused-ring (bicyclic) bond motifs is 1. The van der Waals surface area contributed by atoms with E-state index in [2.05, 4.69) is 12.2 Å². The number of rotatable bonds is 7. The number of ether oxygens (including phenoxy) is 1. The molecule has 1 unspecified atom stereocenters. The van der Waals surface area contributed by atoms with Crippen LogP contribution < -0.4 is 15.8 Å². The monoisotopic (exact) mass is 501 g/mol. The summed E-state index contributed by atoms with van der Waals surface area (Å²) in [6, 6.07) is 6.62. The van der Waals surface area contributed by atoms with Crippen LogP contribution in [0.15, 0.2) is 24.3 Å². The lowest BCUT2D eigenvalue weighted by Crippen LogP contribution is -2.45. The molecule has 1 aliphatic heterocycles. The fraction of sp³-hybridized carbons (Fsp3) is 0.444. The zero-order chi connectivity index (χ0) is 25.0. The van der Waals surface area contributed by atoms with Crippen LogP contribution in [0.1, 0.15) is 73.4 Å². The minimum atomic E-state index is -0.755. The van der Waals surface area contributed by atoms with Gasteiger partial charge in [-0.1, -0.05) is 25.8 Å². The summed E-state index contributed by atoms with van der Waals surface area (Å²) in [5, 5.41) is 3.04. The molecule has 1 heterocycles. The number of nitrogens with one attached hydrogen (secondary N) is 1. The maximum atomic E-state index is 13.7. The Kier molecular flexibility index (Phi) is 9.72. The number of carbonyl (C=O) groups excluding carboxylic acids is 3. The van der Waals surface area contributed by atoms with Gasteiger partial charge in [-0.15, -0.1) is 12.4 Å². The third-order valence-electron chi connectivity index (χ3n) is 6.49. The first-order chi connectivity index (χ1) is 16.1. The van der Waals surface area contributed by atoms with Crippen molar-refractivity contribution in [3.8, 4) is 5.75 Å². The van der Waals surface area contributed by atoms with Gasteiger partial charge in [0.1, 0.15) is 11.8 Å². The smallest absolute Gasteiger partial charge is 0.308 e. The highest BCUT2D eigenvalue weighted by atomic mass is 35.5. The molecule has 3 N–H and O–H groups in total. The van der Waals surface area contributed by atoms with Crippen LogP contribution >= 0.6 is 12.4 Å². The van der Waals surface area contributed by atoms with Crippen LogP contribution in [0.4, 0.5) is 11.4 Å². The lowest BCUT2D eigenvalue weighted by molar-refractivity contribution is -0.139. The second kappa shape index (κ2) is 12.1. The molecular formula is C27H36ClN3O4. The first-order valence-electron chi connectivity index (χ1n) is 11.9. The molecule has 0 spiro atoms. The van der Waals surface area contributed by atoms with E-state index in [0.29, 0.717) is 36.5 Å². The maximum Gasteiger partial charge on any atom is 0.308 e. The second-order valence-corrected chi connectivity index (χ2v) is 9.06. The Bertz CT molecular complexity index is 1120. The molecule has 0 saturated carbocycles. The number of unbranched alkanes of at least 4 members (excludes halogenated alkanes) is 2. The number of aryl methyl sites for hydroxylation is 1. The standard InChI is InChI=1S/C27H35N3O4.ClH/c1-6-7-8-9-24(32)30-13-12-20-10-11-21(28)15-22(20)25(30)27(33)29-23-14-16(2)26(34-19(5)31)18(4)17(23)3;/h10-11,14-15,25H,6-9,12-13,28H2,1-5H3,(H,29,33);1H. The first-order valence-corrected chi connectivity index (χ1v) is 11.9. The summed E-state index contributed by atoms with van der Waals surface area (Å²) >= 11 is 0. The van der Waals surface area contributed by atoms with Crippen molar-refractivity contribution in [3.63, 3.8) is 0 Å². The van der Waals surface area contributed by atoms with Crippen LogP contribution in [0.25, 0.3) is 0 Å². The molecule has 1 atom stereocenters. The number of nitrogens with zero attached hydrogens (tertiary/aromatic N) is 1. The molecule has 0 aromatic heterocycles. The number of nitrogen functional groups attached to an aromatic ring is 1. The van der Waals surface area contributed by atoms with Gasteiger partial charge in [-0.2, -0.15) is 0 Å². The summed E-state index contributed by atoms with van der Waals surface area (Å²) in [6.45, 7) is 9.51. The Labute approximate surface area is 213 Å². The average molecular weight is 502 g/mol. The van der Waals surface area contributed by atoms with Crippen LogP contribution in [0.2, 0.25) is 0 Å². The number of halogens is 1. The molecule has 0 radical (unpaired) electrons. The predicted octanol–water partition coefficient (Wildman–Crippen LogP) is 5.19. The molecule has 7 nitrogen and oxygen atoms in total. The zero-order valence-corrected chi connectivity index (χ0v) is 22.0. The molecule has 190 valence electrons. The summed E-state index contributed by atoms with van der Waals surface area (Å²) in [5.41, 5.74) is 11.4. The third kappa shape index (κ3) is 6.34. The van der Waals surface area contributed by atoms with Gasteiger partial charge in [0, 0.05) is 31.3 Å². The van der Waals surface area contributed by atoms with E-state index in [9.17, 15) is 14.4 Å². The summed E-state index contributed by atoms with van der Waals surface area (Å²) in [4.78, 5) is 40.0. The number of nitrogens with two attached hydrogens (primary N) is 1. The van der Waals surface area contributed by atoms with Crippen molar-refractivity contribution in [1.82, 2.24) is 4.90 Å². The Morgan fingerprint density at radius 2 is 1.83 bits per heavy atom. The Morgan fingerprint density at radius 3 is 2.49 bits per heavy atom. The van der Waals surface area contributed by atoms with Crippen LogP contribution in [-0.4, -0.2) is 29.2 Å². The van der Waals surface area contributed by atoms with Gasteiger partial charge in [-0.3, -0.25) is 14.4 Å². The number of hydrogen-bond donors (Lipinski definition) is 2. The third-order valence-corrected chi connectivity index (χ3v) is 6.49. The minimum absolute atomic E-state index is 0. The van der Waals surface area contributed by atoms with Crippen LogP contribution in [0.5, 0.6) is 5.75 Å². The Morgan fingerprint density at radius 1 is 1.11 bits per heavy atom. The molecule has 0 saturated heterocycles. The van der Waals surface area contributed by atoms with Gasteiger partial charge in [-0.25, -0.2) is 0 Å². The van der Waals surface area contributed by atoms with Crippen LogP contribution in [0.3, 0.4) is 0 Å². The topological polar surface area (TPSA) is 102 Å². The van der Waals surface area contributed by atoms with Gasteiger partial charge >= 0.3 is 5.97 Å². The number of hydrogen-bond acceptors (Lipinski definition) is 5. The van der Waals surface area contributed by atoms with Crippen molar-refractivity contribution in [2.24, 2.45) is 0 Å². The highest BCUT2D eigenvalue weighted by molar-refractivity contribution is 5.99. The van der Waals surface area contributed by atoms with E-state index < -0.39 is 12.0 Å². The van der Waals surface area contributed by atoms with E-state index in [0.717, 1.165) is 47.1 Å². The molecular weight excluding hydrogens is 466 g/mol. The quantitative estimate of drug-likeness (QED) is 0.235. The zero-order valence-electron chi connectivity index (χ0n) is 21.2. The van der Waals surface area contributed by atoms with Gasteiger partial charge in [-0.05, 0) is 79.6 Å². The molecule has 8 heteroatoms. The van der Waals surface area contributed by atoms with Gasteiger partial charge in [0.05, 0.1) is 0 Å². The lowest BCUT2D eigenvalue weighted by Gasteiger charge is -2.37. The van der Waals surface area contributed by atoms with Crippen molar-refractivity contribution in [3.05, 3.63) is 52.1 Å². The Balaban J connectivity index is 0.00000432. The fourth-order valence-electron chi connectivity index (χ4n) is 4.54. The fourth-order valence-corrected chi connectivity index (χ4v) is 4.54. The summed E-state index contributed by atoms with van der Waals surface area (Å²) in [6.07, 6.45) is 3.92. The number of amides is 2. The second-order valence-electron chi connectivity index (χ2n) is 9.06. The van der Waals surface area contributed by atoms with Gasteiger partial charge in [0.15, 0.2) is 0 Å². The highest BCUT2D eigenvalue weighted by Gasteiger charge is 2.36. The summed E-state index contributed by atoms with van der Waals surface area (Å²) in [5.74, 6) is -0.184. The molecule has 0 fully saturated rings. The SMILES string of the molecule is CCCCCC(=O)N1CCc2ccc(N)cc2C1C(=O)Nc1cc(C)c(OC(C)=O)c(C)c1C.Cl. The van der Waals surface area contributed by atoms with E-state index in [1.807, 2.05) is 32.9 Å². The van der Waals surface area contributed by atoms with Gasteiger partial charge in [0.25, 0.3) is 5.91 Å². The van der Waals surface area contributed by atoms with Crippen molar-refractivity contribution in [2.75, 3.05) is 17.6 Å². The van der Waals surface area contributed by atoms with Crippen molar-refractivity contribution < 1.29 is 19.1 Å². The molecule has 0 aliphatic carbocycles. The number of esters is 1. The van der Waals surface area contributed by atoms with Crippen molar-refractivity contribution >= 4 is 41.6 Å². The Hall–Kier alpha value is -3.06. The molecule has 3 rings (SSSR count). The molecule has 2 aromatic rings. The summed E-state index contributed by atoms with van der Waals surface area (Å²) in [7, 11) is 0. The van der Waals surface area contributed by atoms with Crippen molar-refractivity contribution in [1.29, 1.82) is 0 Å². The number of anilines is 2. The average Bonchev–Trinajstić information content (AvgIpc) is 2.79. The minimum Gasteiger partial charge on any atom is -0.426 e. The molecule has 0 bridgehead atoms.